The van der Waals surface area contributed by atoms with Crippen molar-refractivity contribution >= 4 is 5.91 Å². The molecule has 1 fully saturated rings. The predicted molar refractivity (Wildman–Crippen MR) is 105 cm³/mol. The summed E-state index contributed by atoms with van der Waals surface area (Å²) in [6, 6.07) is 4.96. The first-order valence-corrected chi connectivity index (χ1v) is 9.92. The fourth-order valence-corrected chi connectivity index (χ4v) is 3.99. The highest BCUT2D eigenvalue weighted by Gasteiger charge is 2.43. The molecule has 9 heteroatoms. The standard InChI is InChI=1S/C22H24F4N2O3/c1-12-3-4-13(2)15(11-12)19(21(31)8-5-14(23)6-9-21)28-20(30)17-18(29)16(7-10-27-17)22(24,25)26/h3-4,7,10-11,14,19,29,31H,5-6,8-9H2,1-2H3,(H,28,30)/t14?,19-,21?/m1/s1. The Morgan fingerprint density at radius 3 is 2.48 bits per heavy atom. The van der Waals surface area contributed by atoms with Crippen LogP contribution in [0.25, 0.3) is 0 Å². The summed E-state index contributed by atoms with van der Waals surface area (Å²) >= 11 is 0. The van der Waals surface area contributed by atoms with E-state index in [1.165, 1.54) is 0 Å². The number of carbonyl (C=O) groups is 1. The minimum Gasteiger partial charge on any atom is -0.505 e. The molecule has 5 nitrogen and oxygen atoms in total. The van der Waals surface area contributed by atoms with Crippen LogP contribution in [-0.2, 0) is 6.18 Å². The van der Waals surface area contributed by atoms with Gasteiger partial charge in [-0.05, 0) is 56.7 Å². The number of hydrogen-bond acceptors (Lipinski definition) is 4. The monoisotopic (exact) mass is 440 g/mol. The summed E-state index contributed by atoms with van der Waals surface area (Å²) in [6.07, 6.45) is -4.83. The summed E-state index contributed by atoms with van der Waals surface area (Å²) in [7, 11) is 0. The first kappa shape index (κ1) is 23.0. The highest BCUT2D eigenvalue weighted by atomic mass is 19.4. The lowest BCUT2D eigenvalue weighted by Crippen LogP contribution is -2.49. The number of hydrogen-bond donors (Lipinski definition) is 3. The number of rotatable bonds is 4. The van der Waals surface area contributed by atoms with E-state index in [2.05, 4.69) is 10.3 Å². The molecule has 0 aliphatic heterocycles. The topological polar surface area (TPSA) is 82.5 Å². The zero-order valence-corrected chi connectivity index (χ0v) is 17.1. The molecule has 0 saturated heterocycles. The lowest BCUT2D eigenvalue weighted by Gasteiger charge is -2.41. The molecule has 1 heterocycles. The van der Waals surface area contributed by atoms with Crippen LogP contribution in [0, 0.1) is 13.8 Å². The van der Waals surface area contributed by atoms with Crippen molar-refractivity contribution in [1.29, 1.82) is 0 Å². The number of aromatic nitrogens is 1. The van der Waals surface area contributed by atoms with E-state index in [-0.39, 0.29) is 25.7 Å². The van der Waals surface area contributed by atoms with Gasteiger partial charge in [-0.3, -0.25) is 4.79 Å². The molecule has 1 aromatic heterocycles. The molecule has 31 heavy (non-hydrogen) atoms. The number of aryl methyl sites for hydroxylation is 2. The number of benzene rings is 1. The van der Waals surface area contributed by atoms with E-state index in [4.69, 9.17) is 0 Å². The molecular formula is C22H24F4N2O3. The maximum atomic E-state index is 13.7. The van der Waals surface area contributed by atoms with Gasteiger partial charge in [-0.1, -0.05) is 23.8 Å². The van der Waals surface area contributed by atoms with Crippen molar-refractivity contribution in [2.45, 2.75) is 63.5 Å². The zero-order chi connectivity index (χ0) is 23.0. The van der Waals surface area contributed by atoms with Gasteiger partial charge in [0, 0.05) is 6.20 Å². The van der Waals surface area contributed by atoms with Crippen molar-refractivity contribution in [3.8, 4) is 5.75 Å². The molecule has 1 aliphatic rings. The fraction of sp³-hybridized carbons (Fsp3) is 0.455. The number of aliphatic hydroxyl groups is 1. The number of aromatic hydroxyl groups is 1. The molecule has 1 aromatic carbocycles. The smallest absolute Gasteiger partial charge is 0.420 e. The van der Waals surface area contributed by atoms with Gasteiger partial charge in [0.1, 0.15) is 11.7 Å². The summed E-state index contributed by atoms with van der Waals surface area (Å²) in [4.78, 5) is 16.5. The minimum absolute atomic E-state index is 0.0640. The number of carbonyl (C=O) groups excluding carboxylic acids is 1. The molecule has 0 radical (unpaired) electrons. The molecule has 1 saturated carbocycles. The Hall–Kier alpha value is -2.68. The number of nitrogens with zero attached hydrogens (tertiary/aromatic N) is 1. The summed E-state index contributed by atoms with van der Waals surface area (Å²) in [5, 5.41) is 23.9. The van der Waals surface area contributed by atoms with Crippen molar-refractivity contribution < 1.29 is 32.6 Å². The Bertz CT molecular complexity index is 970. The van der Waals surface area contributed by atoms with Gasteiger partial charge in [0.05, 0.1) is 11.6 Å². The second-order valence-corrected chi connectivity index (χ2v) is 8.10. The van der Waals surface area contributed by atoms with E-state index >= 15 is 0 Å². The van der Waals surface area contributed by atoms with Gasteiger partial charge in [0.15, 0.2) is 11.4 Å². The normalized spacial score (nSPS) is 22.7. The van der Waals surface area contributed by atoms with Gasteiger partial charge in [-0.25, -0.2) is 9.37 Å². The lowest BCUT2D eigenvalue weighted by molar-refractivity contribution is -0.138. The van der Waals surface area contributed by atoms with Crippen LogP contribution in [0.1, 0.15) is 64.5 Å². The summed E-state index contributed by atoms with van der Waals surface area (Å²) in [6.45, 7) is 3.60. The number of alkyl halides is 4. The first-order valence-electron chi connectivity index (χ1n) is 9.92. The Balaban J connectivity index is 2.02. The van der Waals surface area contributed by atoms with Crippen LogP contribution in [0.3, 0.4) is 0 Å². The van der Waals surface area contributed by atoms with E-state index in [0.29, 0.717) is 11.6 Å². The molecule has 168 valence electrons. The third kappa shape index (κ3) is 4.81. The molecule has 0 spiro atoms. The number of amides is 1. The number of nitrogens with one attached hydrogen (secondary N) is 1. The van der Waals surface area contributed by atoms with Gasteiger partial charge >= 0.3 is 6.18 Å². The third-order valence-corrected chi connectivity index (χ3v) is 5.78. The average Bonchev–Trinajstić information content (AvgIpc) is 2.69. The molecule has 1 aliphatic carbocycles. The van der Waals surface area contributed by atoms with Crippen molar-refractivity contribution in [2.24, 2.45) is 0 Å². The van der Waals surface area contributed by atoms with E-state index in [1.54, 1.807) is 19.1 Å². The van der Waals surface area contributed by atoms with Crippen LogP contribution in [0.15, 0.2) is 30.5 Å². The minimum atomic E-state index is -4.87. The Morgan fingerprint density at radius 2 is 1.87 bits per heavy atom. The van der Waals surface area contributed by atoms with Crippen LogP contribution < -0.4 is 5.32 Å². The largest absolute Gasteiger partial charge is 0.505 e. The maximum absolute atomic E-state index is 13.7. The van der Waals surface area contributed by atoms with Gasteiger partial charge in [-0.15, -0.1) is 0 Å². The summed E-state index contributed by atoms with van der Waals surface area (Å²) in [5.41, 5.74) is -1.52. The SMILES string of the molecule is Cc1ccc(C)c([C@@H](NC(=O)c2nccc(C(F)(F)F)c2O)C2(O)CCC(F)CC2)c1. The van der Waals surface area contributed by atoms with Crippen molar-refractivity contribution in [3.05, 3.63) is 58.4 Å². The van der Waals surface area contributed by atoms with E-state index in [1.807, 2.05) is 13.0 Å². The Morgan fingerprint density at radius 1 is 1.23 bits per heavy atom. The third-order valence-electron chi connectivity index (χ3n) is 5.78. The zero-order valence-electron chi connectivity index (χ0n) is 17.1. The molecule has 1 atom stereocenters. The van der Waals surface area contributed by atoms with E-state index in [9.17, 15) is 32.6 Å². The van der Waals surface area contributed by atoms with Crippen LogP contribution in [0.4, 0.5) is 17.6 Å². The molecule has 0 unspecified atom stereocenters. The summed E-state index contributed by atoms with van der Waals surface area (Å²) < 4.78 is 53.1. The highest BCUT2D eigenvalue weighted by Crippen LogP contribution is 2.41. The van der Waals surface area contributed by atoms with Gasteiger partial charge in [0.25, 0.3) is 5.91 Å². The number of pyridine rings is 1. The van der Waals surface area contributed by atoms with Crippen molar-refractivity contribution in [1.82, 2.24) is 10.3 Å². The second kappa shape index (κ2) is 8.45. The van der Waals surface area contributed by atoms with E-state index in [0.717, 1.165) is 17.3 Å². The van der Waals surface area contributed by atoms with Gasteiger partial charge in [0.2, 0.25) is 0 Å². The molecular weight excluding hydrogens is 416 g/mol. The molecule has 3 rings (SSSR count). The Labute approximate surface area is 177 Å². The second-order valence-electron chi connectivity index (χ2n) is 8.10. The van der Waals surface area contributed by atoms with E-state index < -0.39 is 46.9 Å². The Kier molecular flexibility index (Phi) is 6.27. The first-order chi connectivity index (χ1) is 14.4. The lowest BCUT2D eigenvalue weighted by atomic mass is 9.75. The summed E-state index contributed by atoms with van der Waals surface area (Å²) in [5.74, 6) is -2.35. The van der Waals surface area contributed by atoms with Gasteiger partial charge in [-0.2, -0.15) is 13.2 Å². The van der Waals surface area contributed by atoms with Crippen molar-refractivity contribution in [2.75, 3.05) is 0 Å². The predicted octanol–water partition coefficient (Wildman–Crippen LogP) is 4.54. The van der Waals surface area contributed by atoms with Crippen molar-refractivity contribution in [3.63, 3.8) is 0 Å². The van der Waals surface area contributed by atoms with Crippen LogP contribution >= 0.6 is 0 Å². The van der Waals surface area contributed by atoms with Gasteiger partial charge < -0.3 is 15.5 Å². The average molecular weight is 440 g/mol. The molecule has 2 aromatic rings. The highest BCUT2D eigenvalue weighted by molar-refractivity contribution is 5.95. The molecule has 3 N–H and O–H groups in total. The van der Waals surface area contributed by atoms with Crippen LogP contribution in [0.5, 0.6) is 5.75 Å². The fourth-order valence-electron chi connectivity index (χ4n) is 3.99. The molecule has 0 bridgehead atoms. The molecule has 1 amide bonds. The van der Waals surface area contributed by atoms with Crippen LogP contribution in [-0.4, -0.2) is 32.9 Å². The number of halogens is 4. The maximum Gasteiger partial charge on any atom is 0.420 e. The van der Waals surface area contributed by atoms with Crippen LogP contribution in [0.2, 0.25) is 0 Å². The quantitative estimate of drug-likeness (QED) is 0.610.